The van der Waals surface area contributed by atoms with Gasteiger partial charge in [-0.3, -0.25) is 4.79 Å². The van der Waals surface area contributed by atoms with Gasteiger partial charge in [-0.2, -0.15) is 0 Å². The van der Waals surface area contributed by atoms with Crippen molar-refractivity contribution in [3.63, 3.8) is 0 Å². The van der Waals surface area contributed by atoms with Gasteiger partial charge in [-0.05, 0) is 24.6 Å². The van der Waals surface area contributed by atoms with Crippen LogP contribution >= 0.6 is 0 Å². The molecule has 1 aliphatic rings. The summed E-state index contributed by atoms with van der Waals surface area (Å²) in [5.74, 6) is 1.47. The summed E-state index contributed by atoms with van der Waals surface area (Å²) in [6.07, 6.45) is 0.639. The number of hydrogen-bond acceptors (Lipinski definition) is 2. The number of ether oxygens (including phenoxy) is 1. The van der Waals surface area contributed by atoms with Gasteiger partial charge in [0.15, 0.2) is 0 Å². The third-order valence-electron chi connectivity index (χ3n) is 3.18. The van der Waals surface area contributed by atoms with E-state index < -0.39 is 0 Å². The highest BCUT2D eigenvalue weighted by Gasteiger charge is 2.29. The van der Waals surface area contributed by atoms with Crippen LogP contribution in [0.2, 0.25) is 0 Å². The standard InChI is InChI=1S/C13H17NO2/c1-3-14-9-11(8-13(14)15)10-4-6-12(16-2)7-5-10/h4-7,11H,3,8-9H2,1-2H3/t11-/m0/s1. The van der Waals surface area contributed by atoms with E-state index in [1.54, 1.807) is 7.11 Å². The van der Waals surface area contributed by atoms with Gasteiger partial charge >= 0.3 is 0 Å². The lowest BCUT2D eigenvalue weighted by molar-refractivity contribution is -0.127. The van der Waals surface area contributed by atoms with Crippen molar-refractivity contribution in [3.8, 4) is 5.75 Å². The van der Waals surface area contributed by atoms with Crippen molar-refractivity contribution in [1.82, 2.24) is 4.90 Å². The number of rotatable bonds is 3. The molecular formula is C13H17NO2. The maximum absolute atomic E-state index is 11.6. The van der Waals surface area contributed by atoms with Crippen molar-refractivity contribution in [2.75, 3.05) is 20.2 Å². The van der Waals surface area contributed by atoms with E-state index in [0.29, 0.717) is 12.3 Å². The SMILES string of the molecule is CCN1C[C@@H](c2ccc(OC)cc2)CC1=O. The molecule has 0 spiro atoms. The molecule has 0 saturated carbocycles. The Morgan fingerprint density at radius 1 is 1.38 bits per heavy atom. The lowest BCUT2D eigenvalue weighted by Crippen LogP contribution is -2.24. The van der Waals surface area contributed by atoms with Crippen LogP contribution in [-0.2, 0) is 4.79 Å². The van der Waals surface area contributed by atoms with Gasteiger partial charge in [0.05, 0.1) is 7.11 Å². The Hall–Kier alpha value is -1.51. The predicted octanol–water partition coefficient (Wildman–Crippen LogP) is 2.03. The van der Waals surface area contributed by atoms with Crippen LogP contribution in [0.25, 0.3) is 0 Å². The summed E-state index contributed by atoms with van der Waals surface area (Å²) >= 11 is 0. The van der Waals surface area contributed by atoms with Crippen molar-refractivity contribution < 1.29 is 9.53 Å². The largest absolute Gasteiger partial charge is 0.497 e. The van der Waals surface area contributed by atoms with E-state index in [0.717, 1.165) is 18.8 Å². The van der Waals surface area contributed by atoms with Gasteiger partial charge < -0.3 is 9.64 Å². The zero-order valence-electron chi connectivity index (χ0n) is 9.77. The van der Waals surface area contributed by atoms with Gasteiger partial charge in [-0.25, -0.2) is 0 Å². The first-order valence-electron chi connectivity index (χ1n) is 5.66. The van der Waals surface area contributed by atoms with E-state index in [4.69, 9.17) is 4.74 Å². The van der Waals surface area contributed by atoms with Gasteiger partial charge in [0.2, 0.25) is 5.91 Å². The Labute approximate surface area is 96.0 Å². The van der Waals surface area contributed by atoms with Gasteiger partial charge in [-0.15, -0.1) is 0 Å². The molecule has 1 aromatic carbocycles. The molecule has 16 heavy (non-hydrogen) atoms. The maximum atomic E-state index is 11.6. The number of methoxy groups -OCH3 is 1. The number of likely N-dealkylation sites (tertiary alicyclic amines) is 1. The molecule has 1 amide bonds. The molecule has 3 nitrogen and oxygen atoms in total. The van der Waals surface area contributed by atoms with Crippen molar-refractivity contribution in [1.29, 1.82) is 0 Å². The zero-order chi connectivity index (χ0) is 11.5. The van der Waals surface area contributed by atoms with Crippen LogP contribution in [0.1, 0.15) is 24.8 Å². The van der Waals surface area contributed by atoms with Crippen molar-refractivity contribution in [2.45, 2.75) is 19.3 Å². The summed E-state index contributed by atoms with van der Waals surface area (Å²) < 4.78 is 5.12. The Bertz CT molecular complexity index is 372. The fraction of sp³-hybridized carbons (Fsp3) is 0.462. The van der Waals surface area contributed by atoms with E-state index in [-0.39, 0.29) is 5.91 Å². The lowest BCUT2D eigenvalue weighted by atomic mass is 9.98. The summed E-state index contributed by atoms with van der Waals surface area (Å²) in [6.45, 7) is 3.68. The minimum absolute atomic E-state index is 0.267. The Morgan fingerprint density at radius 2 is 2.06 bits per heavy atom. The summed E-state index contributed by atoms with van der Waals surface area (Å²) in [5, 5.41) is 0. The van der Waals surface area contributed by atoms with Gasteiger partial charge in [0.25, 0.3) is 0 Å². The second-order valence-electron chi connectivity index (χ2n) is 4.11. The smallest absolute Gasteiger partial charge is 0.223 e. The minimum Gasteiger partial charge on any atom is -0.497 e. The normalized spacial score (nSPS) is 20.2. The van der Waals surface area contributed by atoms with Crippen LogP contribution in [0, 0.1) is 0 Å². The van der Waals surface area contributed by atoms with E-state index >= 15 is 0 Å². The third-order valence-corrected chi connectivity index (χ3v) is 3.18. The lowest BCUT2D eigenvalue weighted by Gasteiger charge is -2.13. The molecule has 1 saturated heterocycles. The molecule has 0 aliphatic carbocycles. The Balaban J connectivity index is 2.11. The van der Waals surface area contributed by atoms with Gasteiger partial charge in [0.1, 0.15) is 5.75 Å². The summed E-state index contributed by atoms with van der Waals surface area (Å²) in [7, 11) is 1.66. The average Bonchev–Trinajstić information content (AvgIpc) is 2.71. The topological polar surface area (TPSA) is 29.5 Å². The van der Waals surface area contributed by atoms with E-state index in [9.17, 15) is 4.79 Å². The van der Waals surface area contributed by atoms with E-state index in [2.05, 4.69) is 12.1 Å². The third kappa shape index (κ3) is 2.03. The van der Waals surface area contributed by atoms with Crippen LogP contribution in [0.5, 0.6) is 5.75 Å². The number of benzene rings is 1. The number of carbonyl (C=O) groups excluding carboxylic acids is 1. The van der Waals surface area contributed by atoms with E-state index in [1.807, 2.05) is 24.0 Å². The predicted molar refractivity (Wildman–Crippen MR) is 62.6 cm³/mol. The van der Waals surface area contributed by atoms with Crippen molar-refractivity contribution in [2.24, 2.45) is 0 Å². The maximum Gasteiger partial charge on any atom is 0.223 e. The Morgan fingerprint density at radius 3 is 2.56 bits per heavy atom. The zero-order valence-corrected chi connectivity index (χ0v) is 9.77. The summed E-state index contributed by atoms with van der Waals surface area (Å²) in [5.41, 5.74) is 1.23. The molecular weight excluding hydrogens is 202 g/mol. The molecule has 1 aliphatic heterocycles. The van der Waals surface area contributed by atoms with Crippen LogP contribution in [0.15, 0.2) is 24.3 Å². The second kappa shape index (κ2) is 4.56. The number of hydrogen-bond donors (Lipinski definition) is 0. The first kappa shape index (κ1) is 11.0. The molecule has 1 heterocycles. The molecule has 0 N–H and O–H groups in total. The number of amides is 1. The number of likely N-dealkylation sites (N-methyl/N-ethyl adjacent to an activating group) is 1. The average molecular weight is 219 g/mol. The van der Waals surface area contributed by atoms with Gasteiger partial charge in [0, 0.05) is 25.4 Å². The minimum atomic E-state index is 0.267. The molecule has 86 valence electrons. The first-order chi connectivity index (χ1) is 7.74. The van der Waals surface area contributed by atoms with Crippen LogP contribution in [0.4, 0.5) is 0 Å². The monoisotopic (exact) mass is 219 g/mol. The summed E-state index contributed by atoms with van der Waals surface area (Å²) in [4.78, 5) is 13.5. The molecule has 0 bridgehead atoms. The molecule has 3 heteroatoms. The summed E-state index contributed by atoms with van der Waals surface area (Å²) in [6, 6.07) is 8.01. The quantitative estimate of drug-likeness (QED) is 0.778. The first-order valence-corrected chi connectivity index (χ1v) is 5.66. The highest BCUT2D eigenvalue weighted by Crippen LogP contribution is 2.28. The van der Waals surface area contributed by atoms with Gasteiger partial charge in [-0.1, -0.05) is 12.1 Å². The molecule has 1 aromatic rings. The van der Waals surface area contributed by atoms with E-state index in [1.165, 1.54) is 5.56 Å². The van der Waals surface area contributed by atoms with Crippen LogP contribution in [-0.4, -0.2) is 31.0 Å². The fourth-order valence-corrected chi connectivity index (χ4v) is 2.18. The highest BCUT2D eigenvalue weighted by molar-refractivity contribution is 5.79. The fourth-order valence-electron chi connectivity index (χ4n) is 2.18. The molecule has 1 fully saturated rings. The number of carbonyl (C=O) groups is 1. The molecule has 2 rings (SSSR count). The second-order valence-corrected chi connectivity index (χ2v) is 4.11. The van der Waals surface area contributed by atoms with Crippen LogP contribution in [0.3, 0.4) is 0 Å². The number of nitrogens with zero attached hydrogens (tertiary/aromatic N) is 1. The molecule has 0 unspecified atom stereocenters. The molecule has 1 atom stereocenters. The molecule has 0 aromatic heterocycles. The van der Waals surface area contributed by atoms with Crippen molar-refractivity contribution >= 4 is 5.91 Å². The van der Waals surface area contributed by atoms with Crippen LogP contribution < -0.4 is 4.74 Å². The Kier molecular flexibility index (Phi) is 3.13. The molecule has 0 radical (unpaired) electrons. The van der Waals surface area contributed by atoms with Crippen molar-refractivity contribution in [3.05, 3.63) is 29.8 Å². The highest BCUT2D eigenvalue weighted by atomic mass is 16.5.